The summed E-state index contributed by atoms with van der Waals surface area (Å²) in [6.07, 6.45) is 3.64. The highest BCUT2D eigenvalue weighted by Crippen LogP contribution is 2.19. The van der Waals surface area contributed by atoms with Crippen LogP contribution in [-0.4, -0.2) is 26.5 Å². The van der Waals surface area contributed by atoms with E-state index in [2.05, 4.69) is 10.1 Å². The molecule has 0 atom stereocenters. The first-order valence-electron chi connectivity index (χ1n) is 4.55. The maximum absolute atomic E-state index is 8.94. The van der Waals surface area contributed by atoms with Gasteiger partial charge in [0.2, 0.25) is 0 Å². The fourth-order valence-corrected chi connectivity index (χ4v) is 1.63. The second-order valence-corrected chi connectivity index (χ2v) is 3.52. The quantitative estimate of drug-likeness (QED) is 0.857. The zero-order valence-electron chi connectivity index (χ0n) is 7.97. The van der Waals surface area contributed by atoms with Crippen LogP contribution in [0.3, 0.4) is 0 Å². The normalized spacial score (nSPS) is 10.5. The lowest BCUT2D eigenvalue weighted by Gasteiger charge is -2.08. The molecule has 15 heavy (non-hydrogen) atoms. The number of aliphatic hydroxyl groups is 1. The summed E-state index contributed by atoms with van der Waals surface area (Å²) in [5.41, 5.74) is 1.85. The number of nitrogens with zero attached hydrogens (tertiary/aromatic N) is 3. The Labute approximate surface area is 92.1 Å². The van der Waals surface area contributed by atoms with Crippen LogP contribution in [0.15, 0.2) is 30.9 Å². The van der Waals surface area contributed by atoms with E-state index in [1.54, 1.807) is 17.1 Å². The second kappa shape index (κ2) is 4.42. The third-order valence-electron chi connectivity index (χ3n) is 2.09. The number of hydrogen-bond acceptors (Lipinski definition) is 3. The lowest BCUT2D eigenvalue weighted by molar-refractivity contribution is 0.299. The van der Waals surface area contributed by atoms with Crippen LogP contribution in [0.4, 0.5) is 0 Å². The molecule has 78 valence electrons. The molecule has 0 saturated carbocycles. The molecular weight excluding hydrogens is 214 g/mol. The van der Waals surface area contributed by atoms with Crippen molar-refractivity contribution in [3.05, 3.63) is 41.4 Å². The largest absolute Gasteiger partial charge is 0.396 e. The number of aromatic nitrogens is 3. The van der Waals surface area contributed by atoms with Gasteiger partial charge in [-0.3, -0.25) is 0 Å². The van der Waals surface area contributed by atoms with Crippen LogP contribution in [-0.2, 0) is 6.42 Å². The van der Waals surface area contributed by atoms with Gasteiger partial charge in [-0.15, -0.1) is 0 Å². The first-order chi connectivity index (χ1) is 7.31. The summed E-state index contributed by atoms with van der Waals surface area (Å²) >= 11 is 5.89. The van der Waals surface area contributed by atoms with Crippen molar-refractivity contribution in [2.75, 3.05) is 6.61 Å². The van der Waals surface area contributed by atoms with Gasteiger partial charge in [0.15, 0.2) is 0 Å². The molecule has 1 aromatic heterocycles. The molecule has 2 rings (SSSR count). The zero-order chi connectivity index (χ0) is 10.7. The summed E-state index contributed by atoms with van der Waals surface area (Å²) in [4.78, 5) is 3.88. The minimum Gasteiger partial charge on any atom is -0.396 e. The molecule has 1 N–H and O–H groups in total. The van der Waals surface area contributed by atoms with Gasteiger partial charge in [0.25, 0.3) is 0 Å². The number of rotatable bonds is 3. The van der Waals surface area contributed by atoms with E-state index >= 15 is 0 Å². The van der Waals surface area contributed by atoms with Gasteiger partial charge in [0.1, 0.15) is 12.7 Å². The van der Waals surface area contributed by atoms with E-state index in [1.807, 2.05) is 12.1 Å². The topological polar surface area (TPSA) is 50.9 Å². The Balaban J connectivity index is 2.46. The molecule has 4 nitrogen and oxygen atoms in total. The van der Waals surface area contributed by atoms with E-state index in [-0.39, 0.29) is 6.61 Å². The summed E-state index contributed by atoms with van der Waals surface area (Å²) in [7, 11) is 0. The van der Waals surface area contributed by atoms with Crippen LogP contribution in [0.25, 0.3) is 5.69 Å². The maximum atomic E-state index is 8.94. The molecule has 1 heterocycles. The smallest absolute Gasteiger partial charge is 0.138 e. The molecule has 5 heteroatoms. The number of hydrogen-bond donors (Lipinski definition) is 1. The van der Waals surface area contributed by atoms with E-state index in [1.165, 1.54) is 6.33 Å². The van der Waals surface area contributed by atoms with Gasteiger partial charge < -0.3 is 5.11 Å². The van der Waals surface area contributed by atoms with E-state index in [4.69, 9.17) is 16.7 Å². The first kappa shape index (κ1) is 10.1. The monoisotopic (exact) mass is 223 g/mol. The molecule has 0 saturated heterocycles. The van der Waals surface area contributed by atoms with Gasteiger partial charge in [-0.2, -0.15) is 5.10 Å². The average Bonchev–Trinajstić information content (AvgIpc) is 2.71. The maximum Gasteiger partial charge on any atom is 0.138 e. The van der Waals surface area contributed by atoms with Gasteiger partial charge in [0, 0.05) is 11.6 Å². The van der Waals surface area contributed by atoms with Gasteiger partial charge >= 0.3 is 0 Å². The van der Waals surface area contributed by atoms with E-state index in [0.29, 0.717) is 11.4 Å². The minimum absolute atomic E-state index is 0.0854. The Morgan fingerprint density at radius 2 is 2.27 bits per heavy atom. The van der Waals surface area contributed by atoms with Crippen molar-refractivity contribution in [2.24, 2.45) is 0 Å². The van der Waals surface area contributed by atoms with E-state index in [9.17, 15) is 0 Å². The van der Waals surface area contributed by atoms with Crippen molar-refractivity contribution >= 4 is 11.6 Å². The Morgan fingerprint density at radius 3 is 2.93 bits per heavy atom. The summed E-state index contributed by atoms with van der Waals surface area (Å²) in [5.74, 6) is 0. The van der Waals surface area contributed by atoms with E-state index in [0.717, 1.165) is 11.3 Å². The molecule has 0 spiro atoms. The average molecular weight is 224 g/mol. The summed E-state index contributed by atoms with van der Waals surface area (Å²) < 4.78 is 1.65. The minimum atomic E-state index is 0.0854. The number of halogens is 1. The number of aliphatic hydroxyl groups excluding tert-OH is 1. The first-order valence-corrected chi connectivity index (χ1v) is 4.93. The summed E-state index contributed by atoms with van der Waals surface area (Å²) in [6, 6.07) is 5.48. The van der Waals surface area contributed by atoms with Gasteiger partial charge in [-0.1, -0.05) is 11.6 Å². The predicted molar refractivity (Wildman–Crippen MR) is 57.2 cm³/mol. The van der Waals surface area contributed by atoms with Crippen LogP contribution in [0.2, 0.25) is 5.02 Å². The molecule has 0 aliphatic rings. The van der Waals surface area contributed by atoms with Crippen LogP contribution in [0.5, 0.6) is 0 Å². The molecule has 2 aromatic rings. The molecule has 0 aliphatic carbocycles. The lowest BCUT2D eigenvalue weighted by atomic mass is 10.1. The third kappa shape index (κ3) is 2.16. The fourth-order valence-electron chi connectivity index (χ4n) is 1.43. The van der Waals surface area contributed by atoms with Crippen molar-refractivity contribution in [3.8, 4) is 5.69 Å². The van der Waals surface area contributed by atoms with Crippen LogP contribution < -0.4 is 0 Å². The van der Waals surface area contributed by atoms with Gasteiger partial charge in [-0.05, 0) is 30.2 Å². The third-order valence-corrected chi connectivity index (χ3v) is 2.32. The Morgan fingerprint density at radius 1 is 1.40 bits per heavy atom. The van der Waals surface area contributed by atoms with Crippen molar-refractivity contribution < 1.29 is 5.11 Å². The Kier molecular flexibility index (Phi) is 2.99. The second-order valence-electron chi connectivity index (χ2n) is 3.09. The van der Waals surface area contributed by atoms with Crippen LogP contribution >= 0.6 is 11.6 Å². The lowest BCUT2D eigenvalue weighted by Crippen LogP contribution is -2.02. The molecule has 0 aliphatic heterocycles. The fraction of sp³-hybridized carbons (Fsp3) is 0.200. The standard InChI is InChI=1S/C10H10ClN3O/c11-9-1-2-10(8(5-9)3-4-15)14-7-12-6-13-14/h1-2,5-7,15H,3-4H2. The van der Waals surface area contributed by atoms with Crippen LogP contribution in [0, 0.1) is 0 Å². The summed E-state index contributed by atoms with van der Waals surface area (Å²) in [5, 5.41) is 13.6. The van der Waals surface area contributed by atoms with Crippen molar-refractivity contribution in [3.63, 3.8) is 0 Å². The highest BCUT2D eigenvalue weighted by atomic mass is 35.5. The van der Waals surface area contributed by atoms with Gasteiger partial charge in [0.05, 0.1) is 5.69 Å². The van der Waals surface area contributed by atoms with Crippen molar-refractivity contribution in [2.45, 2.75) is 6.42 Å². The zero-order valence-corrected chi connectivity index (χ0v) is 8.72. The Bertz CT molecular complexity index is 442. The Hall–Kier alpha value is -1.39. The molecule has 0 amide bonds. The number of benzene rings is 1. The molecule has 0 fully saturated rings. The molecule has 1 aromatic carbocycles. The molecule has 0 unspecified atom stereocenters. The van der Waals surface area contributed by atoms with E-state index < -0.39 is 0 Å². The predicted octanol–water partition coefficient (Wildman–Crippen LogP) is 1.46. The van der Waals surface area contributed by atoms with Crippen molar-refractivity contribution in [1.82, 2.24) is 14.8 Å². The SMILES string of the molecule is OCCc1cc(Cl)ccc1-n1cncn1. The van der Waals surface area contributed by atoms with Gasteiger partial charge in [-0.25, -0.2) is 9.67 Å². The molecular formula is C10H10ClN3O. The highest BCUT2D eigenvalue weighted by Gasteiger charge is 2.05. The summed E-state index contributed by atoms with van der Waals surface area (Å²) in [6.45, 7) is 0.0854. The molecule has 0 bridgehead atoms. The van der Waals surface area contributed by atoms with Crippen LogP contribution in [0.1, 0.15) is 5.56 Å². The highest BCUT2D eigenvalue weighted by molar-refractivity contribution is 6.30. The van der Waals surface area contributed by atoms with Crippen molar-refractivity contribution in [1.29, 1.82) is 0 Å². The molecule has 0 radical (unpaired) electrons.